The van der Waals surface area contributed by atoms with E-state index in [4.69, 9.17) is 10.5 Å². The molecule has 1 aliphatic rings. The zero-order chi connectivity index (χ0) is 21.5. The number of primary amides is 1. The second-order valence-electron chi connectivity index (χ2n) is 6.83. The van der Waals surface area contributed by atoms with Crippen LogP contribution in [0.1, 0.15) is 33.1 Å². The van der Waals surface area contributed by atoms with E-state index < -0.39 is 48.8 Å². The maximum atomic E-state index is 12.4. The van der Waals surface area contributed by atoms with Crippen LogP contribution < -0.4 is 16.4 Å². The molecule has 0 bridgehead atoms. The van der Waals surface area contributed by atoms with Crippen molar-refractivity contribution >= 4 is 23.7 Å². The summed E-state index contributed by atoms with van der Waals surface area (Å²) in [5.41, 5.74) is 4.94. The number of rotatable bonds is 10. The van der Waals surface area contributed by atoms with Crippen molar-refractivity contribution in [3.8, 4) is 0 Å². The third kappa shape index (κ3) is 8.55. The number of nitrogens with two attached hydrogens (primary N) is 1. The molecule has 4 N–H and O–H groups in total. The highest BCUT2D eigenvalue weighted by Crippen LogP contribution is 2.20. The lowest BCUT2D eigenvalue weighted by atomic mass is 9.95. The van der Waals surface area contributed by atoms with Gasteiger partial charge in [-0.1, -0.05) is 13.8 Å². The Morgan fingerprint density at radius 1 is 1.32 bits per heavy atom. The first-order valence-corrected chi connectivity index (χ1v) is 8.66. The normalized spacial score (nSPS) is 19.1. The average molecular weight is 411 g/mol. The van der Waals surface area contributed by atoms with Crippen molar-refractivity contribution in [2.45, 2.75) is 51.6 Å². The van der Waals surface area contributed by atoms with Crippen LogP contribution in [0, 0.1) is 11.8 Å². The zero-order valence-corrected chi connectivity index (χ0v) is 15.5. The molecule has 28 heavy (non-hydrogen) atoms. The topological polar surface area (TPSA) is 137 Å². The predicted molar refractivity (Wildman–Crippen MR) is 88.6 cm³/mol. The van der Waals surface area contributed by atoms with Crippen LogP contribution in [0.2, 0.25) is 0 Å². The number of amides is 3. The first-order valence-electron chi connectivity index (χ1n) is 8.66. The Morgan fingerprint density at radius 2 is 1.96 bits per heavy atom. The van der Waals surface area contributed by atoms with E-state index in [0.717, 1.165) is 0 Å². The van der Waals surface area contributed by atoms with E-state index in [9.17, 15) is 32.3 Å². The molecule has 9 nitrogen and oxygen atoms in total. The minimum absolute atomic E-state index is 0.0820. The highest BCUT2D eigenvalue weighted by Gasteiger charge is 2.36. The van der Waals surface area contributed by atoms with Crippen molar-refractivity contribution < 1.29 is 41.8 Å². The molecule has 0 aromatic rings. The smallest absolute Gasteiger partial charge is 0.436 e. The highest BCUT2D eigenvalue weighted by molar-refractivity contribution is 5.92. The summed E-state index contributed by atoms with van der Waals surface area (Å²) in [6.07, 6.45) is -7.31. The lowest BCUT2D eigenvalue weighted by Gasteiger charge is -2.24. The fourth-order valence-corrected chi connectivity index (χ4v) is 2.72. The predicted octanol–water partition coefficient (Wildman–Crippen LogP) is 0.613. The van der Waals surface area contributed by atoms with Crippen LogP contribution in [0.15, 0.2) is 0 Å². The number of hydrogen-bond acceptors (Lipinski definition) is 6. The molecule has 0 aromatic carbocycles. The molecule has 1 rings (SSSR count). The molecule has 0 radical (unpaired) electrons. The van der Waals surface area contributed by atoms with E-state index in [1.54, 1.807) is 13.8 Å². The average Bonchev–Trinajstić information content (AvgIpc) is 2.94. The van der Waals surface area contributed by atoms with E-state index in [1.165, 1.54) is 0 Å². The molecule has 0 spiro atoms. The van der Waals surface area contributed by atoms with E-state index in [1.807, 2.05) is 0 Å². The maximum absolute atomic E-state index is 12.4. The van der Waals surface area contributed by atoms with Gasteiger partial charge in [0.25, 0.3) is 5.91 Å². The molecule has 3 atom stereocenters. The van der Waals surface area contributed by atoms with Gasteiger partial charge in [0, 0.05) is 12.5 Å². The van der Waals surface area contributed by atoms with Gasteiger partial charge in [-0.15, -0.1) is 13.2 Å². The lowest BCUT2D eigenvalue weighted by Crippen LogP contribution is -2.49. The first kappa shape index (κ1) is 23.7. The van der Waals surface area contributed by atoms with E-state index in [2.05, 4.69) is 15.4 Å². The van der Waals surface area contributed by atoms with Gasteiger partial charge in [0.2, 0.25) is 5.91 Å². The molecule has 0 aliphatic carbocycles. The number of carbonyl (C=O) groups excluding carboxylic acids is 4. The second kappa shape index (κ2) is 10.2. The Bertz CT molecular complexity index is 597. The number of ketones is 1. The van der Waals surface area contributed by atoms with Crippen molar-refractivity contribution in [1.29, 1.82) is 0 Å². The summed E-state index contributed by atoms with van der Waals surface area (Å²) >= 11 is 0. The number of carbonyl (C=O) groups is 4. The third-order valence-electron chi connectivity index (χ3n) is 4.00. The molecular formula is C16H24F3N3O6. The monoisotopic (exact) mass is 411 g/mol. The number of alkyl halides is 3. The van der Waals surface area contributed by atoms with Crippen LogP contribution in [0.3, 0.4) is 0 Å². The van der Waals surface area contributed by atoms with Gasteiger partial charge in [-0.2, -0.15) is 0 Å². The minimum atomic E-state index is -5.02. The molecule has 0 aromatic heterocycles. The van der Waals surface area contributed by atoms with Crippen LogP contribution in [0.4, 0.5) is 18.0 Å². The number of halogens is 3. The second-order valence-corrected chi connectivity index (χ2v) is 6.83. The molecule has 1 heterocycles. The van der Waals surface area contributed by atoms with Crippen molar-refractivity contribution in [1.82, 2.24) is 10.6 Å². The fraction of sp³-hybridized carbons (Fsp3) is 0.750. The number of ether oxygens (including phenoxy) is 2. The van der Waals surface area contributed by atoms with E-state index >= 15 is 0 Å². The quantitative estimate of drug-likeness (QED) is 0.482. The fourth-order valence-electron chi connectivity index (χ4n) is 2.72. The summed E-state index contributed by atoms with van der Waals surface area (Å²) in [5.74, 6) is -3.06. The largest absolute Gasteiger partial charge is 0.522 e. The van der Waals surface area contributed by atoms with Crippen LogP contribution in [0.25, 0.3) is 0 Å². The number of nitrogens with one attached hydrogen (secondary N) is 2. The maximum Gasteiger partial charge on any atom is 0.522 e. The van der Waals surface area contributed by atoms with Crippen molar-refractivity contribution in [2.24, 2.45) is 17.6 Å². The summed E-state index contributed by atoms with van der Waals surface area (Å²) < 4.78 is 44.9. The molecule has 0 saturated carbocycles. The van der Waals surface area contributed by atoms with Gasteiger partial charge in [-0.3, -0.25) is 19.1 Å². The third-order valence-corrected chi connectivity index (χ3v) is 4.00. The van der Waals surface area contributed by atoms with Gasteiger partial charge < -0.3 is 21.1 Å². The van der Waals surface area contributed by atoms with Gasteiger partial charge >= 0.3 is 12.5 Å². The summed E-state index contributed by atoms with van der Waals surface area (Å²) in [4.78, 5) is 47.3. The molecule has 1 saturated heterocycles. The standard InChI is InChI=1S/C16H24F3N3O6/c1-8(2)5-12(28-15(20)26)14(25)22-10(6-9-3-4-21-13(9)24)11(23)7-27-16(17,18)19/h8-10,12H,3-7H2,1-2H3,(H2,20,26)(H,21,24)(H,22,25)/t9-,10?,12?/m0/s1. The first-order chi connectivity index (χ1) is 12.9. The Balaban J connectivity index is 2.88. The summed E-state index contributed by atoms with van der Waals surface area (Å²) in [7, 11) is 0. The Morgan fingerprint density at radius 3 is 2.43 bits per heavy atom. The Kier molecular flexibility index (Phi) is 8.66. The van der Waals surface area contributed by atoms with Gasteiger partial charge in [0.15, 0.2) is 11.9 Å². The van der Waals surface area contributed by atoms with Gasteiger partial charge in [-0.05, 0) is 25.2 Å². The summed E-state index contributed by atoms with van der Waals surface area (Å²) in [6, 6.07) is -1.42. The molecule has 1 aliphatic heterocycles. The highest BCUT2D eigenvalue weighted by atomic mass is 19.4. The molecule has 160 valence electrons. The SMILES string of the molecule is CC(C)CC(OC(N)=O)C(=O)NC(C[C@@H]1CCNC1=O)C(=O)COC(F)(F)F. The van der Waals surface area contributed by atoms with Crippen LogP contribution in [-0.4, -0.2) is 55.4 Å². The molecule has 3 amide bonds. The number of Topliss-reactive ketones (excluding diaryl/α,β-unsaturated/α-hetero) is 1. The summed E-state index contributed by atoms with van der Waals surface area (Å²) in [6.45, 7) is 2.52. The molecule has 2 unspecified atom stereocenters. The van der Waals surface area contributed by atoms with E-state index in [0.29, 0.717) is 13.0 Å². The van der Waals surface area contributed by atoms with Crippen molar-refractivity contribution in [3.05, 3.63) is 0 Å². The van der Waals surface area contributed by atoms with Crippen molar-refractivity contribution in [3.63, 3.8) is 0 Å². The zero-order valence-electron chi connectivity index (χ0n) is 15.5. The lowest BCUT2D eigenvalue weighted by molar-refractivity contribution is -0.321. The van der Waals surface area contributed by atoms with E-state index in [-0.39, 0.29) is 24.7 Å². The molecular weight excluding hydrogens is 387 g/mol. The Labute approximate surface area is 159 Å². The van der Waals surface area contributed by atoms with Gasteiger partial charge in [0.05, 0.1) is 6.04 Å². The van der Waals surface area contributed by atoms with Crippen LogP contribution in [-0.2, 0) is 23.9 Å². The van der Waals surface area contributed by atoms with Crippen LogP contribution in [0.5, 0.6) is 0 Å². The van der Waals surface area contributed by atoms with Crippen LogP contribution >= 0.6 is 0 Å². The molecule has 1 fully saturated rings. The van der Waals surface area contributed by atoms with Crippen molar-refractivity contribution in [2.75, 3.05) is 13.2 Å². The van der Waals surface area contributed by atoms with Gasteiger partial charge in [-0.25, -0.2) is 4.79 Å². The Hall–Kier alpha value is -2.37. The molecule has 12 heteroatoms. The van der Waals surface area contributed by atoms with Gasteiger partial charge in [0.1, 0.15) is 6.61 Å². The number of hydrogen-bond donors (Lipinski definition) is 3. The summed E-state index contributed by atoms with van der Waals surface area (Å²) in [5, 5.41) is 4.80. The minimum Gasteiger partial charge on any atom is -0.436 e.